The zero-order chi connectivity index (χ0) is 11.5. The van der Waals surface area contributed by atoms with Gasteiger partial charge in [0.25, 0.3) is 0 Å². The number of rotatable bonds is 3. The molecule has 1 aliphatic rings. The Morgan fingerprint density at radius 2 is 2.19 bits per heavy atom. The number of hydrogen-bond acceptors (Lipinski definition) is 3. The van der Waals surface area contributed by atoms with E-state index in [1.54, 1.807) is 4.90 Å². The van der Waals surface area contributed by atoms with E-state index in [1.807, 2.05) is 37.3 Å². The molecule has 1 fully saturated rings. The second-order valence-corrected chi connectivity index (χ2v) is 3.91. The van der Waals surface area contributed by atoms with Crippen LogP contribution in [0.1, 0.15) is 18.5 Å². The standard InChI is InChI=1S/C12H15NO3/c1-9(10-5-3-2-4-6-10)13-11(7-14)8-16-12(13)15/h2-6,9,11,14H,7-8H2,1H3/t9-,11?/m1/s1. The van der Waals surface area contributed by atoms with Gasteiger partial charge in [-0.15, -0.1) is 0 Å². The SMILES string of the molecule is C[C@H](c1ccccc1)N1C(=O)OCC1CO. The maximum absolute atomic E-state index is 11.6. The third-order valence-electron chi connectivity index (χ3n) is 2.91. The van der Waals surface area contributed by atoms with Gasteiger partial charge in [-0.1, -0.05) is 30.3 Å². The third-order valence-corrected chi connectivity index (χ3v) is 2.91. The molecule has 1 amide bonds. The second kappa shape index (κ2) is 4.53. The largest absolute Gasteiger partial charge is 0.447 e. The summed E-state index contributed by atoms with van der Waals surface area (Å²) in [6.45, 7) is 2.14. The van der Waals surface area contributed by atoms with Crippen molar-refractivity contribution in [2.24, 2.45) is 0 Å². The minimum atomic E-state index is -0.351. The smallest absolute Gasteiger partial charge is 0.410 e. The number of carbonyl (C=O) groups excluding carboxylic acids is 1. The Bertz CT molecular complexity index is 366. The highest BCUT2D eigenvalue weighted by atomic mass is 16.6. The molecule has 1 aliphatic heterocycles. The fourth-order valence-corrected chi connectivity index (χ4v) is 1.98. The summed E-state index contributed by atoms with van der Waals surface area (Å²) in [6, 6.07) is 9.41. The van der Waals surface area contributed by atoms with Crippen LogP contribution in [0.3, 0.4) is 0 Å². The number of benzene rings is 1. The van der Waals surface area contributed by atoms with Crippen molar-refractivity contribution in [3.8, 4) is 0 Å². The minimum Gasteiger partial charge on any atom is -0.447 e. The van der Waals surface area contributed by atoms with E-state index in [9.17, 15) is 9.90 Å². The van der Waals surface area contributed by atoms with Crippen LogP contribution < -0.4 is 0 Å². The third kappa shape index (κ3) is 1.88. The van der Waals surface area contributed by atoms with E-state index >= 15 is 0 Å². The molecular formula is C12H15NO3. The van der Waals surface area contributed by atoms with Crippen molar-refractivity contribution >= 4 is 6.09 Å². The fourth-order valence-electron chi connectivity index (χ4n) is 1.98. The van der Waals surface area contributed by atoms with Crippen LogP contribution in [-0.4, -0.2) is 35.4 Å². The van der Waals surface area contributed by atoms with E-state index < -0.39 is 0 Å². The first-order chi connectivity index (χ1) is 7.74. The molecule has 16 heavy (non-hydrogen) atoms. The number of amides is 1. The average molecular weight is 221 g/mol. The lowest BCUT2D eigenvalue weighted by atomic mass is 10.1. The van der Waals surface area contributed by atoms with Crippen molar-refractivity contribution in [2.45, 2.75) is 19.0 Å². The van der Waals surface area contributed by atoms with Crippen molar-refractivity contribution < 1.29 is 14.6 Å². The van der Waals surface area contributed by atoms with Gasteiger partial charge in [0.2, 0.25) is 0 Å². The first-order valence-electron chi connectivity index (χ1n) is 5.35. The number of carbonyl (C=O) groups is 1. The van der Waals surface area contributed by atoms with Crippen LogP contribution in [0.15, 0.2) is 30.3 Å². The number of ether oxygens (including phenoxy) is 1. The molecule has 2 rings (SSSR count). The number of aliphatic hydroxyl groups excluding tert-OH is 1. The minimum absolute atomic E-state index is 0.0666. The Kier molecular flexibility index (Phi) is 3.10. The zero-order valence-electron chi connectivity index (χ0n) is 9.17. The highest BCUT2D eigenvalue weighted by Crippen LogP contribution is 2.26. The Hall–Kier alpha value is -1.55. The number of aliphatic hydroxyl groups is 1. The van der Waals surface area contributed by atoms with Gasteiger partial charge in [-0.3, -0.25) is 4.90 Å². The first-order valence-corrected chi connectivity index (χ1v) is 5.35. The Balaban J connectivity index is 2.20. The second-order valence-electron chi connectivity index (χ2n) is 3.91. The topological polar surface area (TPSA) is 49.8 Å². The summed E-state index contributed by atoms with van der Waals surface area (Å²) in [7, 11) is 0. The molecular weight excluding hydrogens is 206 g/mol. The maximum atomic E-state index is 11.6. The molecule has 4 heteroatoms. The van der Waals surface area contributed by atoms with Crippen LogP contribution in [-0.2, 0) is 4.74 Å². The normalized spacial score (nSPS) is 22.0. The van der Waals surface area contributed by atoms with Gasteiger partial charge in [-0.2, -0.15) is 0 Å². The summed E-state index contributed by atoms with van der Waals surface area (Å²) >= 11 is 0. The molecule has 0 aromatic heterocycles. The number of cyclic esters (lactones) is 1. The van der Waals surface area contributed by atoms with Crippen molar-refractivity contribution in [1.29, 1.82) is 0 Å². The van der Waals surface area contributed by atoms with Crippen LogP contribution >= 0.6 is 0 Å². The van der Waals surface area contributed by atoms with E-state index in [2.05, 4.69) is 0 Å². The van der Waals surface area contributed by atoms with Gasteiger partial charge >= 0.3 is 6.09 Å². The first kappa shape index (κ1) is 11.0. The van der Waals surface area contributed by atoms with Crippen molar-refractivity contribution in [1.82, 2.24) is 4.90 Å². The van der Waals surface area contributed by atoms with Crippen molar-refractivity contribution in [2.75, 3.05) is 13.2 Å². The lowest BCUT2D eigenvalue weighted by molar-refractivity contribution is 0.135. The monoisotopic (exact) mass is 221 g/mol. The quantitative estimate of drug-likeness (QED) is 0.842. The molecule has 0 aliphatic carbocycles. The Morgan fingerprint density at radius 1 is 1.50 bits per heavy atom. The van der Waals surface area contributed by atoms with Crippen LogP contribution in [0, 0.1) is 0 Å². The predicted molar refractivity (Wildman–Crippen MR) is 58.9 cm³/mol. The molecule has 1 N–H and O–H groups in total. The number of hydrogen-bond donors (Lipinski definition) is 1. The van der Waals surface area contributed by atoms with Crippen LogP contribution in [0.5, 0.6) is 0 Å². The van der Waals surface area contributed by atoms with Crippen LogP contribution in [0.25, 0.3) is 0 Å². The lowest BCUT2D eigenvalue weighted by Gasteiger charge is -2.27. The Morgan fingerprint density at radius 3 is 2.81 bits per heavy atom. The predicted octanol–water partition coefficient (Wildman–Crippen LogP) is 1.56. The van der Waals surface area contributed by atoms with Crippen molar-refractivity contribution in [3.63, 3.8) is 0 Å². The van der Waals surface area contributed by atoms with Crippen LogP contribution in [0.2, 0.25) is 0 Å². The summed E-state index contributed by atoms with van der Waals surface area (Å²) in [5, 5.41) is 9.18. The van der Waals surface area contributed by atoms with Crippen LogP contribution in [0.4, 0.5) is 4.79 Å². The maximum Gasteiger partial charge on any atom is 0.410 e. The zero-order valence-corrected chi connectivity index (χ0v) is 9.17. The molecule has 4 nitrogen and oxygen atoms in total. The summed E-state index contributed by atoms with van der Waals surface area (Å²) < 4.78 is 4.94. The summed E-state index contributed by atoms with van der Waals surface area (Å²) in [4.78, 5) is 13.1. The van der Waals surface area contributed by atoms with Crippen molar-refractivity contribution in [3.05, 3.63) is 35.9 Å². The molecule has 0 bridgehead atoms. The van der Waals surface area contributed by atoms with E-state index in [0.717, 1.165) is 5.56 Å². The molecule has 1 heterocycles. The fraction of sp³-hybridized carbons (Fsp3) is 0.417. The molecule has 2 atom stereocenters. The highest BCUT2D eigenvalue weighted by molar-refractivity contribution is 5.70. The Labute approximate surface area is 94.4 Å². The lowest BCUT2D eigenvalue weighted by Crippen LogP contribution is -2.38. The summed E-state index contributed by atoms with van der Waals surface area (Å²) in [5.74, 6) is 0. The van der Waals surface area contributed by atoms with Gasteiger partial charge in [0.15, 0.2) is 0 Å². The summed E-state index contributed by atoms with van der Waals surface area (Å²) in [5.41, 5.74) is 1.04. The van der Waals surface area contributed by atoms with Gasteiger partial charge in [0.1, 0.15) is 6.61 Å². The van der Waals surface area contributed by atoms with Gasteiger partial charge in [0.05, 0.1) is 18.7 Å². The molecule has 1 aromatic carbocycles. The molecule has 1 unspecified atom stereocenters. The highest BCUT2D eigenvalue weighted by Gasteiger charge is 2.36. The molecule has 0 spiro atoms. The molecule has 0 saturated carbocycles. The van der Waals surface area contributed by atoms with E-state index in [4.69, 9.17) is 4.74 Å². The van der Waals surface area contributed by atoms with E-state index in [-0.39, 0.29) is 31.4 Å². The molecule has 86 valence electrons. The van der Waals surface area contributed by atoms with Gasteiger partial charge in [-0.05, 0) is 12.5 Å². The van der Waals surface area contributed by atoms with E-state index in [1.165, 1.54) is 0 Å². The average Bonchev–Trinajstić information content (AvgIpc) is 2.70. The number of nitrogens with zero attached hydrogens (tertiary/aromatic N) is 1. The molecule has 1 aromatic rings. The molecule has 1 saturated heterocycles. The summed E-state index contributed by atoms with van der Waals surface area (Å²) in [6.07, 6.45) is -0.351. The van der Waals surface area contributed by atoms with Gasteiger partial charge in [-0.25, -0.2) is 4.79 Å². The molecule has 0 radical (unpaired) electrons. The van der Waals surface area contributed by atoms with Gasteiger partial charge < -0.3 is 9.84 Å². The van der Waals surface area contributed by atoms with E-state index in [0.29, 0.717) is 0 Å². The van der Waals surface area contributed by atoms with Gasteiger partial charge in [0, 0.05) is 0 Å².